The molecule has 1 aliphatic carbocycles. The number of nitrogens with zero attached hydrogens (tertiary/aromatic N) is 1. The molecule has 0 spiro atoms. The Morgan fingerprint density at radius 3 is 2.67 bits per heavy atom. The van der Waals surface area contributed by atoms with E-state index in [1.807, 2.05) is 6.92 Å². The quantitative estimate of drug-likeness (QED) is 0.915. The average molecular weight is 341 g/mol. The van der Waals surface area contributed by atoms with E-state index in [1.165, 1.54) is 12.1 Å². The summed E-state index contributed by atoms with van der Waals surface area (Å²) in [5.74, 6) is -0.710. The molecule has 1 aromatic rings. The lowest BCUT2D eigenvalue weighted by molar-refractivity contribution is -0.139. The number of benzene rings is 1. The Hall–Kier alpha value is -1.56. The SMILES string of the molecule is CC1CCC(CO)CN1C(=O)C1CC1c1ccccc1C(F)(F)F. The first kappa shape index (κ1) is 17.3. The zero-order valence-corrected chi connectivity index (χ0v) is 13.6. The van der Waals surface area contributed by atoms with Crippen LogP contribution in [0.2, 0.25) is 0 Å². The van der Waals surface area contributed by atoms with Crippen LogP contribution >= 0.6 is 0 Å². The monoisotopic (exact) mass is 341 g/mol. The number of aliphatic hydroxyl groups is 1. The van der Waals surface area contributed by atoms with E-state index in [2.05, 4.69) is 0 Å². The lowest BCUT2D eigenvalue weighted by Crippen LogP contribution is -2.47. The van der Waals surface area contributed by atoms with Gasteiger partial charge in [0.1, 0.15) is 0 Å². The van der Waals surface area contributed by atoms with E-state index in [0.29, 0.717) is 13.0 Å². The van der Waals surface area contributed by atoms with Crippen molar-refractivity contribution in [2.24, 2.45) is 11.8 Å². The molecule has 1 saturated carbocycles. The van der Waals surface area contributed by atoms with Gasteiger partial charge in [-0.3, -0.25) is 4.79 Å². The summed E-state index contributed by atoms with van der Waals surface area (Å²) < 4.78 is 39.5. The summed E-state index contributed by atoms with van der Waals surface area (Å²) in [4.78, 5) is 14.5. The van der Waals surface area contributed by atoms with Gasteiger partial charge in [-0.15, -0.1) is 0 Å². The second-order valence-electron chi connectivity index (χ2n) is 7.00. The van der Waals surface area contributed by atoms with Gasteiger partial charge in [0.2, 0.25) is 5.91 Å². The average Bonchev–Trinajstić information content (AvgIpc) is 3.34. The lowest BCUT2D eigenvalue weighted by atomic mass is 9.93. The Kier molecular flexibility index (Phi) is 4.60. The number of piperidine rings is 1. The van der Waals surface area contributed by atoms with Crippen molar-refractivity contribution in [2.45, 2.75) is 44.3 Å². The molecular weight excluding hydrogens is 319 g/mol. The molecule has 0 bridgehead atoms. The summed E-state index contributed by atoms with van der Waals surface area (Å²) in [6, 6.07) is 5.62. The Labute approximate surface area is 139 Å². The van der Waals surface area contributed by atoms with Crippen LogP contribution in [0.5, 0.6) is 0 Å². The Morgan fingerprint density at radius 1 is 1.29 bits per heavy atom. The van der Waals surface area contributed by atoms with Gasteiger partial charge in [-0.2, -0.15) is 13.2 Å². The van der Waals surface area contributed by atoms with E-state index < -0.39 is 11.7 Å². The normalized spacial score (nSPS) is 30.3. The molecule has 4 atom stereocenters. The first-order valence-corrected chi connectivity index (χ1v) is 8.40. The molecule has 132 valence electrons. The van der Waals surface area contributed by atoms with Crippen LogP contribution in [-0.2, 0) is 11.0 Å². The van der Waals surface area contributed by atoms with Gasteiger partial charge in [0.15, 0.2) is 0 Å². The number of aliphatic hydroxyl groups excluding tert-OH is 1. The zero-order chi connectivity index (χ0) is 17.5. The molecule has 24 heavy (non-hydrogen) atoms. The molecule has 3 rings (SSSR count). The zero-order valence-electron chi connectivity index (χ0n) is 13.6. The van der Waals surface area contributed by atoms with Crippen LogP contribution in [0.1, 0.15) is 43.2 Å². The van der Waals surface area contributed by atoms with E-state index in [4.69, 9.17) is 0 Å². The van der Waals surface area contributed by atoms with Crippen molar-refractivity contribution in [1.29, 1.82) is 0 Å². The maximum atomic E-state index is 13.2. The van der Waals surface area contributed by atoms with Crippen LogP contribution in [0.15, 0.2) is 24.3 Å². The van der Waals surface area contributed by atoms with Gasteiger partial charge in [0, 0.05) is 25.1 Å². The summed E-state index contributed by atoms with van der Waals surface area (Å²) in [6.07, 6.45) is -2.22. The molecule has 2 aliphatic rings. The standard InChI is InChI=1S/C18H22F3NO2/c1-11-6-7-12(10-23)9-22(11)17(24)15-8-14(15)13-4-2-3-5-16(13)18(19,20)21/h2-5,11-12,14-15,23H,6-10H2,1H3. The second kappa shape index (κ2) is 6.39. The number of hydrogen-bond donors (Lipinski definition) is 1. The fourth-order valence-electron chi connectivity index (χ4n) is 3.74. The molecule has 1 amide bonds. The van der Waals surface area contributed by atoms with Crippen LogP contribution in [0.4, 0.5) is 13.2 Å². The number of hydrogen-bond acceptors (Lipinski definition) is 2. The van der Waals surface area contributed by atoms with Crippen molar-refractivity contribution < 1.29 is 23.1 Å². The van der Waals surface area contributed by atoms with Crippen molar-refractivity contribution in [3.63, 3.8) is 0 Å². The van der Waals surface area contributed by atoms with E-state index >= 15 is 0 Å². The molecule has 1 aromatic carbocycles. The van der Waals surface area contributed by atoms with Crippen molar-refractivity contribution in [3.05, 3.63) is 35.4 Å². The van der Waals surface area contributed by atoms with Gasteiger partial charge in [-0.25, -0.2) is 0 Å². The van der Waals surface area contributed by atoms with Crippen LogP contribution < -0.4 is 0 Å². The number of carbonyl (C=O) groups excluding carboxylic acids is 1. The molecule has 2 fully saturated rings. The largest absolute Gasteiger partial charge is 0.416 e. The van der Waals surface area contributed by atoms with E-state index in [0.717, 1.165) is 18.9 Å². The van der Waals surface area contributed by atoms with Crippen molar-refractivity contribution in [3.8, 4) is 0 Å². The highest BCUT2D eigenvalue weighted by molar-refractivity contribution is 5.83. The van der Waals surface area contributed by atoms with Gasteiger partial charge >= 0.3 is 6.18 Å². The van der Waals surface area contributed by atoms with Crippen LogP contribution in [-0.4, -0.2) is 35.1 Å². The number of likely N-dealkylation sites (tertiary alicyclic amines) is 1. The fourth-order valence-corrected chi connectivity index (χ4v) is 3.74. The topological polar surface area (TPSA) is 40.5 Å². The molecule has 1 saturated heterocycles. The molecule has 0 aromatic heterocycles. The van der Waals surface area contributed by atoms with Crippen molar-refractivity contribution in [1.82, 2.24) is 4.90 Å². The highest BCUT2D eigenvalue weighted by Gasteiger charge is 2.50. The first-order valence-electron chi connectivity index (χ1n) is 8.40. The Morgan fingerprint density at radius 2 is 2.00 bits per heavy atom. The van der Waals surface area contributed by atoms with E-state index in [-0.39, 0.29) is 41.9 Å². The molecular formula is C18H22F3NO2. The van der Waals surface area contributed by atoms with E-state index in [1.54, 1.807) is 11.0 Å². The van der Waals surface area contributed by atoms with Crippen LogP contribution in [0.3, 0.4) is 0 Å². The molecule has 6 heteroatoms. The van der Waals surface area contributed by atoms with Crippen LogP contribution in [0.25, 0.3) is 0 Å². The van der Waals surface area contributed by atoms with Gasteiger partial charge in [-0.1, -0.05) is 18.2 Å². The number of amides is 1. The minimum atomic E-state index is -4.40. The highest BCUT2D eigenvalue weighted by atomic mass is 19.4. The molecule has 0 radical (unpaired) electrons. The van der Waals surface area contributed by atoms with Gasteiger partial charge in [-0.05, 0) is 49.7 Å². The number of alkyl halides is 3. The predicted molar refractivity (Wildman–Crippen MR) is 83.3 cm³/mol. The third kappa shape index (κ3) is 3.29. The predicted octanol–water partition coefficient (Wildman–Crippen LogP) is 3.43. The summed E-state index contributed by atoms with van der Waals surface area (Å²) in [5, 5.41) is 9.32. The van der Waals surface area contributed by atoms with Crippen molar-refractivity contribution in [2.75, 3.05) is 13.2 Å². The Balaban J connectivity index is 1.75. The maximum Gasteiger partial charge on any atom is 0.416 e. The summed E-state index contributed by atoms with van der Waals surface area (Å²) in [5.41, 5.74) is -0.406. The number of halogens is 3. The minimum Gasteiger partial charge on any atom is -0.396 e. The molecule has 1 N–H and O–H groups in total. The van der Waals surface area contributed by atoms with Crippen molar-refractivity contribution >= 4 is 5.91 Å². The fraction of sp³-hybridized carbons (Fsp3) is 0.611. The third-order valence-corrected chi connectivity index (χ3v) is 5.29. The number of rotatable bonds is 3. The smallest absolute Gasteiger partial charge is 0.396 e. The second-order valence-corrected chi connectivity index (χ2v) is 7.00. The first-order chi connectivity index (χ1) is 11.3. The highest BCUT2D eigenvalue weighted by Crippen LogP contribution is 2.52. The van der Waals surface area contributed by atoms with Gasteiger partial charge in [0.05, 0.1) is 5.56 Å². The van der Waals surface area contributed by atoms with Gasteiger partial charge < -0.3 is 10.0 Å². The number of carbonyl (C=O) groups is 1. The van der Waals surface area contributed by atoms with Gasteiger partial charge in [0.25, 0.3) is 0 Å². The summed E-state index contributed by atoms with van der Waals surface area (Å²) in [6.45, 7) is 2.51. The molecule has 3 nitrogen and oxygen atoms in total. The third-order valence-electron chi connectivity index (χ3n) is 5.29. The molecule has 4 unspecified atom stereocenters. The maximum absolute atomic E-state index is 13.2. The van der Waals surface area contributed by atoms with E-state index in [9.17, 15) is 23.1 Å². The lowest BCUT2D eigenvalue weighted by Gasteiger charge is -2.37. The molecule has 1 heterocycles. The summed E-state index contributed by atoms with van der Waals surface area (Å²) >= 11 is 0. The Bertz CT molecular complexity index is 617. The molecule has 1 aliphatic heterocycles. The summed E-state index contributed by atoms with van der Waals surface area (Å²) in [7, 11) is 0. The van der Waals surface area contributed by atoms with Crippen LogP contribution in [0, 0.1) is 11.8 Å². The minimum absolute atomic E-state index is 0.0432.